The molecule has 1 aromatic carbocycles. The van der Waals surface area contributed by atoms with Crippen LogP contribution in [0.3, 0.4) is 0 Å². The second-order valence-corrected chi connectivity index (χ2v) is 5.37. The molecule has 0 aromatic heterocycles. The average molecular weight is 328 g/mol. The van der Waals surface area contributed by atoms with E-state index < -0.39 is 24.5 Å². The van der Waals surface area contributed by atoms with E-state index in [0.29, 0.717) is 11.6 Å². The fraction of sp³-hybridized carbons (Fsp3) is 0.357. The van der Waals surface area contributed by atoms with Crippen LogP contribution in [0.25, 0.3) is 0 Å². The molecule has 0 aliphatic heterocycles. The van der Waals surface area contributed by atoms with E-state index in [9.17, 15) is 14.4 Å². The van der Waals surface area contributed by atoms with Gasteiger partial charge in [-0.15, -0.1) is 0 Å². The predicted molar refractivity (Wildman–Crippen MR) is 82.5 cm³/mol. The van der Waals surface area contributed by atoms with E-state index in [1.54, 1.807) is 0 Å². The number of nitrogens with two attached hydrogens (primary N) is 1. The van der Waals surface area contributed by atoms with Gasteiger partial charge in [-0.2, -0.15) is 0 Å². The smallest absolute Gasteiger partial charge is 0.338 e. The summed E-state index contributed by atoms with van der Waals surface area (Å²) in [5.41, 5.74) is 5.96. The van der Waals surface area contributed by atoms with E-state index in [4.69, 9.17) is 22.1 Å². The normalized spacial score (nSPS) is 10.2. The van der Waals surface area contributed by atoms with Gasteiger partial charge >= 0.3 is 12.0 Å². The Bertz CT molecular complexity index is 575. The number of hydrogen-bond acceptors (Lipinski definition) is 5. The highest BCUT2D eigenvalue weighted by molar-refractivity contribution is 6.33. The summed E-state index contributed by atoms with van der Waals surface area (Å²) in [5.74, 6) is -1.20. The van der Waals surface area contributed by atoms with Crippen LogP contribution in [-0.2, 0) is 9.53 Å². The van der Waals surface area contributed by atoms with Gasteiger partial charge in [0.15, 0.2) is 6.61 Å². The number of nitrogen functional groups attached to an aromatic ring is 1. The highest BCUT2D eigenvalue weighted by Gasteiger charge is 2.13. The fourth-order valence-corrected chi connectivity index (χ4v) is 1.51. The van der Waals surface area contributed by atoms with E-state index in [1.807, 2.05) is 13.8 Å². The van der Waals surface area contributed by atoms with Crippen molar-refractivity contribution >= 4 is 35.2 Å². The van der Waals surface area contributed by atoms with Crippen LogP contribution in [-0.4, -0.2) is 31.1 Å². The summed E-state index contributed by atoms with van der Waals surface area (Å²) in [5, 5.41) is 4.87. The number of carbonyl (C=O) groups is 3. The van der Waals surface area contributed by atoms with Gasteiger partial charge in [0, 0.05) is 6.54 Å². The summed E-state index contributed by atoms with van der Waals surface area (Å²) < 4.78 is 4.78. The number of urea groups is 1. The molecule has 3 amide bonds. The number of rotatable bonds is 5. The van der Waals surface area contributed by atoms with E-state index in [0.717, 1.165) is 0 Å². The number of anilines is 1. The fourth-order valence-electron chi connectivity index (χ4n) is 1.39. The van der Waals surface area contributed by atoms with Crippen LogP contribution in [0.1, 0.15) is 24.2 Å². The number of amides is 3. The number of benzene rings is 1. The van der Waals surface area contributed by atoms with Gasteiger partial charge < -0.3 is 15.8 Å². The van der Waals surface area contributed by atoms with E-state index in [1.165, 1.54) is 18.2 Å². The van der Waals surface area contributed by atoms with Crippen LogP contribution >= 0.6 is 11.6 Å². The van der Waals surface area contributed by atoms with Crippen molar-refractivity contribution in [3.63, 3.8) is 0 Å². The minimum atomic E-state index is -0.735. The van der Waals surface area contributed by atoms with Crippen molar-refractivity contribution in [3.8, 4) is 0 Å². The van der Waals surface area contributed by atoms with Crippen molar-refractivity contribution in [2.24, 2.45) is 5.92 Å². The van der Waals surface area contributed by atoms with Gasteiger partial charge in [-0.3, -0.25) is 10.1 Å². The lowest BCUT2D eigenvalue weighted by Crippen LogP contribution is -2.42. The maximum Gasteiger partial charge on any atom is 0.338 e. The average Bonchev–Trinajstić information content (AvgIpc) is 2.45. The SMILES string of the molecule is CC(C)CNC(=O)NC(=O)COC(=O)c1ccc(Cl)c(N)c1. The Labute approximate surface area is 133 Å². The number of nitrogens with one attached hydrogen (secondary N) is 2. The first-order chi connectivity index (χ1) is 10.3. The number of carbonyl (C=O) groups excluding carboxylic acids is 3. The third-order valence-electron chi connectivity index (χ3n) is 2.49. The van der Waals surface area contributed by atoms with Crippen LogP contribution < -0.4 is 16.4 Å². The molecule has 120 valence electrons. The van der Waals surface area contributed by atoms with Gasteiger partial charge in [-0.25, -0.2) is 9.59 Å². The minimum Gasteiger partial charge on any atom is -0.452 e. The molecule has 1 aromatic rings. The Morgan fingerprint density at radius 3 is 2.59 bits per heavy atom. The molecule has 0 heterocycles. The molecular formula is C14H18ClN3O4. The molecule has 7 nitrogen and oxygen atoms in total. The Hall–Kier alpha value is -2.28. The zero-order valence-corrected chi connectivity index (χ0v) is 13.1. The van der Waals surface area contributed by atoms with Crippen LogP contribution in [0.5, 0.6) is 0 Å². The monoisotopic (exact) mass is 327 g/mol. The summed E-state index contributed by atoms with van der Waals surface area (Å²) in [6.07, 6.45) is 0. The quantitative estimate of drug-likeness (QED) is 0.561. The molecular weight excluding hydrogens is 310 g/mol. The zero-order chi connectivity index (χ0) is 16.7. The Morgan fingerprint density at radius 1 is 1.32 bits per heavy atom. The van der Waals surface area contributed by atoms with Crippen molar-refractivity contribution in [1.82, 2.24) is 10.6 Å². The van der Waals surface area contributed by atoms with Gasteiger partial charge in [-0.1, -0.05) is 25.4 Å². The molecule has 0 unspecified atom stereocenters. The van der Waals surface area contributed by atoms with Crippen molar-refractivity contribution in [3.05, 3.63) is 28.8 Å². The number of imide groups is 1. The van der Waals surface area contributed by atoms with Gasteiger partial charge in [-0.05, 0) is 24.1 Å². The van der Waals surface area contributed by atoms with Gasteiger partial charge in [0.25, 0.3) is 5.91 Å². The highest BCUT2D eigenvalue weighted by atomic mass is 35.5. The molecule has 0 saturated heterocycles. The topological polar surface area (TPSA) is 111 Å². The summed E-state index contributed by atoms with van der Waals surface area (Å²) in [6, 6.07) is 3.59. The molecule has 0 radical (unpaired) electrons. The first-order valence-corrected chi connectivity index (χ1v) is 6.97. The molecule has 0 bridgehead atoms. The van der Waals surface area contributed by atoms with Crippen molar-refractivity contribution in [2.45, 2.75) is 13.8 Å². The Kier molecular flexibility index (Phi) is 6.65. The van der Waals surface area contributed by atoms with Crippen molar-refractivity contribution < 1.29 is 19.1 Å². The van der Waals surface area contributed by atoms with Crippen molar-refractivity contribution in [2.75, 3.05) is 18.9 Å². The molecule has 8 heteroatoms. The zero-order valence-electron chi connectivity index (χ0n) is 12.3. The Balaban J connectivity index is 2.41. The number of halogens is 1. The van der Waals surface area contributed by atoms with E-state index in [2.05, 4.69) is 10.6 Å². The van der Waals surface area contributed by atoms with E-state index in [-0.39, 0.29) is 17.2 Å². The third-order valence-corrected chi connectivity index (χ3v) is 2.83. The van der Waals surface area contributed by atoms with Gasteiger partial charge in [0.1, 0.15) is 0 Å². The molecule has 4 N–H and O–H groups in total. The molecule has 0 aliphatic rings. The van der Waals surface area contributed by atoms with Crippen LogP contribution in [0.2, 0.25) is 5.02 Å². The van der Waals surface area contributed by atoms with Crippen LogP contribution in [0, 0.1) is 5.92 Å². The van der Waals surface area contributed by atoms with Gasteiger partial charge in [0.2, 0.25) is 0 Å². The second-order valence-electron chi connectivity index (χ2n) is 4.96. The summed E-state index contributed by atoms with van der Waals surface area (Å²) in [7, 11) is 0. The molecule has 0 fully saturated rings. The van der Waals surface area contributed by atoms with E-state index >= 15 is 0 Å². The molecule has 0 spiro atoms. The van der Waals surface area contributed by atoms with Crippen LogP contribution in [0.15, 0.2) is 18.2 Å². The standard InChI is InChI=1S/C14H18ClN3O4/c1-8(2)6-17-14(21)18-12(19)7-22-13(20)9-3-4-10(15)11(16)5-9/h3-5,8H,6-7,16H2,1-2H3,(H2,17,18,19,21). The summed E-state index contributed by atoms with van der Waals surface area (Å²) in [4.78, 5) is 34.5. The minimum absolute atomic E-state index is 0.166. The largest absolute Gasteiger partial charge is 0.452 e. The van der Waals surface area contributed by atoms with Crippen LogP contribution in [0.4, 0.5) is 10.5 Å². The molecule has 1 rings (SSSR count). The number of ether oxygens (including phenoxy) is 1. The van der Waals surface area contributed by atoms with Crippen molar-refractivity contribution in [1.29, 1.82) is 0 Å². The highest BCUT2D eigenvalue weighted by Crippen LogP contribution is 2.19. The lowest BCUT2D eigenvalue weighted by Gasteiger charge is -2.09. The molecule has 0 atom stereocenters. The molecule has 0 aliphatic carbocycles. The second kappa shape index (κ2) is 8.23. The lowest BCUT2D eigenvalue weighted by atomic mass is 10.2. The first-order valence-electron chi connectivity index (χ1n) is 6.59. The number of hydrogen-bond donors (Lipinski definition) is 3. The summed E-state index contributed by atoms with van der Waals surface area (Å²) >= 11 is 5.74. The third kappa shape index (κ3) is 6.01. The first kappa shape index (κ1) is 17.8. The maximum absolute atomic E-state index is 11.7. The molecule has 22 heavy (non-hydrogen) atoms. The predicted octanol–water partition coefficient (Wildman–Crippen LogP) is 1.56. The maximum atomic E-state index is 11.7. The lowest BCUT2D eigenvalue weighted by molar-refractivity contribution is -0.123. The Morgan fingerprint density at radius 2 is 2.00 bits per heavy atom. The molecule has 0 saturated carbocycles. The number of esters is 1. The van der Waals surface area contributed by atoms with Gasteiger partial charge in [0.05, 0.1) is 16.3 Å². The summed E-state index contributed by atoms with van der Waals surface area (Å²) in [6.45, 7) is 3.70.